The maximum atomic E-state index is 12.3. The monoisotopic (exact) mass is 356 g/mol. The molecule has 0 saturated heterocycles. The summed E-state index contributed by atoms with van der Waals surface area (Å²) in [7, 11) is 1.48. The van der Waals surface area contributed by atoms with Gasteiger partial charge in [0.05, 0.1) is 19.3 Å². The summed E-state index contributed by atoms with van der Waals surface area (Å²) in [6.07, 6.45) is 0.936. The minimum absolute atomic E-state index is 0.334. The Kier molecular flexibility index (Phi) is 7.02. The van der Waals surface area contributed by atoms with E-state index in [9.17, 15) is 9.59 Å². The van der Waals surface area contributed by atoms with Crippen molar-refractivity contribution in [3.63, 3.8) is 0 Å². The first kappa shape index (κ1) is 19.3. The fourth-order valence-electron chi connectivity index (χ4n) is 2.22. The highest BCUT2D eigenvalue weighted by molar-refractivity contribution is 6.00. The Morgan fingerprint density at radius 3 is 2.46 bits per heavy atom. The Labute approximate surface area is 153 Å². The second-order valence-electron chi connectivity index (χ2n) is 6.17. The summed E-state index contributed by atoms with van der Waals surface area (Å²) in [5, 5.41) is 0. The number of hydrogen-bond donors (Lipinski definition) is 2. The first-order valence-electron chi connectivity index (χ1n) is 8.48. The molecule has 0 atom stereocenters. The maximum Gasteiger partial charge on any atom is 0.273 e. The number of para-hydroxylation sites is 1. The molecule has 0 aliphatic rings. The number of carbonyl (C=O) groups excluding carboxylic acids is 2. The first-order valence-corrected chi connectivity index (χ1v) is 8.48. The number of hydrazine groups is 1. The molecule has 0 aliphatic carbocycles. The Hall–Kier alpha value is -3.02. The molecule has 26 heavy (non-hydrogen) atoms. The maximum absolute atomic E-state index is 12.3. The van der Waals surface area contributed by atoms with Crippen LogP contribution in [0.25, 0.3) is 0 Å². The fraction of sp³-hybridized carbons (Fsp3) is 0.300. The first-order chi connectivity index (χ1) is 12.5. The Bertz CT molecular complexity index is 759. The van der Waals surface area contributed by atoms with E-state index in [1.807, 2.05) is 0 Å². The summed E-state index contributed by atoms with van der Waals surface area (Å²) in [6, 6.07) is 13.6. The third kappa shape index (κ3) is 5.51. The summed E-state index contributed by atoms with van der Waals surface area (Å²) >= 11 is 0. The van der Waals surface area contributed by atoms with Gasteiger partial charge in [-0.15, -0.1) is 0 Å². The molecule has 0 heterocycles. The van der Waals surface area contributed by atoms with Gasteiger partial charge in [0.25, 0.3) is 11.8 Å². The lowest BCUT2D eigenvalue weighted by molar-refractivity contribution is 0.0844. The number of carbonyl (C=O) groups is 2. The van der Waals surface area contributed by atoms with E-state index in [1.165, 1.54) is 7.11 Å². The molecule has 2 N–H and O–H groups in total. The van der Waals surface area contributed by atoms with Crippen LogP contribution in [0.5, 0.6) is 11.5 Å². The van der Waals surface area contributed by atoms with Crippen LogP contribution in [0.3, 0.4) is 0 Å². The molecule has 0 radical (unpaired) electrons. The minimum Gasteiger partial charge on any atom is -0.496 e. The van der Waals surface area contributed by atoms with Gasteiger partial charge in [-0.25, -0.2) is 0 Å². The molecule has 2 aromatic rings. The number of ether oxygens (including phenoxy) is 2. The van der Waals surface area contributed by atoms with Crippen molar-refractivity contribution in [3.05, 3.63) is 59.7 Å². The largest absolute Gasteiger partial charge is 0.496 e. The number of rotatable bonds is 7. The van der Waals surface area contributed by atoms with Crippen molar-refractivity contribution in [1.29, 1.82) is 0 Å². The van der Waals surface area contributed by atoms with Crippen molar-refractivity contribution < 1.29 is 19.1 Å². The molecule has 2 amide bonds. The molecular weight excluding hydrogens is 332 g/mol. The molecule has 0 saturated carbocycles. The summed E-state index contributed by atoms with van der Waals surface area (Å²) in [5.41, 5.74) is 5.52. The van der Waals surface area contributed by atoms with E-state index in [0.717, 1.165) is 6.42 Å². The van der Waals surface area contributed by atoms with Crippen molar-refractivity contribution >= 4 is 11.8 Å². The van der Waals surface area contributed by atoms with Gasteiger partial charge in [0.15, 0.2) is 0 Å². The highest BCUT2D eigenvalue weighted by Crippen LogP contribution is 2.17. The lowest BCUT2D eigenvalue weighted by atomic mass is 10.1. The second kappa shape index (κ2) is 9.46. The minimum atomic E-state index is -0.458. The van der Waals surface area contributed by atoms with Crippen LogP contribution in [-0.2, 0) is 0 Å². The normalized spacial score (nSPS) is 10.3. The van der Waals surface area contributed by atoms with Crippen LogP contribution < -0.4 is 20.3 Å². The molecule has 0 aromatic heterocycles. The van der Waals surface area contributed by atoms with Crippen LogP contribution in [0.2, 0.25) is 0 Å². The zero-order valence-corrected chi connectivity index (χ0v) is 15.2. The van der Waals surface area contributed by atoms with E-state index in [4.69, 9.17) is 9.47 Å². The van der Waals surface area contributed by atoms with Crippen molar-refractivity contribution in [3.8, 4) is 11.5 Å². The standard InChI is InChI=1S/C20H24N2O4/c1-14(2)11-12-26-16-8-6-7-15(13-16)19(23)21-22-20(24)17-9-4-5-10-18(17)25-3/h4-10,13-14H,11-12H2,1-3H3,(H,21,23)(H,22,24). The molecule has 0 fully saturated rings. The molecule has 2 aromatic carbocycles. The van der Waals surface area contributed by atoms with Crippen molar-refractivity contribution in [1.82, 2.24) is 10.9 Å². The molecule has 6 heteroatoms. The van der Waals surface area contributed by atoms with Gasteiger partial charge in [-0.3, -0.25) is 20.4 Å². The molecule has 0 unspecified atom stereocenters. The Morgan fingerprint density at radius 2 is 1.73 bits per heavy atom. The third-order valence-corrected chi connectivity index (χ3v) is 3.70. The van der Waals surface area contributed by atoms with Gasteiger partial charge >= 0.3 is 0 Å². The highest BCUT2D eigenvalue weighted by atomic mass is 16.5. The molecule has 0 spiro atoms. The number of benzene rings is 2. The van der Waals surface area contributed by atoms with Gasteiger partial charge in [0.2, 0.25) is 0 Å². The van der Waals surface area contributed by atoms with Gasteiger partial charge in [0.1, 0.15) is 11.5 Å². The molecule has 138 valence electrons. The van der Waals surface area contributed by atoms with E-state index < -0.39 is 11.8 Å². The van der Waals surface area contributed by atoms with E-state index in [2.05, 4.69) is 24.7 Å². The summed E-state index contributed by atoms with van der Waals surface area (Å²) in [6.45, 7) is 4.84. The average molecular weight is 356 g/mol. The summed E-state index contributed by atoms with van der Waals surface area (Å²) in [4.78, 5) is 24.5. The van der Waals surface area contributed by atoms with E-state index >= 15 is 0 Å². The van der Waals surface area contributed by atoms with Crippen LogP contribution in [0.15, 0.2) is 48.5 Å². The van der Waals surface area contributed by atoms with E-state index in [0.29, 0.717) is 35.2 Å². The van der Waals surface area contributed by atoms with Crippen LogP contribution in [0, 0.1) is 5.92 Å². The smallest absolute Gasteiger partial charge is 0.273 e. The lowest BCUT2D eigenvalue weighted by Gasteiger charge is -2.11. The number of nitrogens with one attached hydrogen (secondary N) is 2. The SMILES string of the molecule is COc1ccccc1C(=O)NNC(=O)c1cccc(OCCC(C)C)c1. The average Bonchev–Trinajstić information content (AvgIpc) is 2.65. The van der Waals surface area contributed by atoms with Crippen LogP contribution >= 0.6 is 0 Å². The summed E-state index contributed by atoms with van der Waals surface area (Å²) < 4.78 is 10.8. The van der Waals surface area contributed by atoms with Gasteiger partial charge in [-0.05, 0) is 42.7 Å². The van der Waals surface area contributed by atoms with Crippen molar-refractivity contribution in [2.45, 2.75) is 20.3 Å². The zero-order valence-electron chi connectivity index (χ0n) is 15.2. The van der Waals surface area contributed by atoms with Gasteiger partial charge < -0.3 is 9.47 Å². The Balaban J connectivity index is 1.94. The predicted octanol–water partition coefficient (Wildman–Crippen LogP) is 3.19. The van der Waals surface area contributed by atoms with Crippen LogP contribution in [0.4, 0.5) is 0 Å². The van der Waals surface area contributed by atoms with E-state index in [-0.39, 0.29) is 0 Å². The van der Waals surface area contributed by atoms with Gasteiger partial charge in [0, 0.05) is 5.56 Å². The van der Waals surface area contributed by atoms with Gasteiger partial charge in [-0.1, -0.05) is 32.0 Å². The third-order valence-electron chi connectivity index (χ3n) is 3.70. The van der Waals surface area contributed by atoms with Crippen molar-refractivity contribution in [2.75, 3.05) is 13.7 Å². The molecular formula is C20H24N2O4. The highest BCUT2D eigenvalue weighted by Gasteiger charge is 2.13. The van der Waals surface area contributed by atoms with Crippen molar-refractivity contribution in [2.24, 2.45) is 5.92 Å². The van der Waals surface area contributed by atoms with Crippen LogP contribution in [0.1, 0.15) is 41.0 Å². The molecule has 2 rings (SSSR count). The topological polar surface area (TPSA) is 76.7 Å². The number of hydrogen-bond acceptors (Lipinski definition) is 4. The Morgan fingerprint density at radius 1 is 1.00 bits per heavy atom. The molecule has 0 aliphatic heterocycles. The second-order valence-corrected chi connectivity index (χ2v) is 6.17. The number of amides is 2. The predicted molar refractivity (Wildman–Crippen MR) is 99.3 cm³/mol. The number of methoxy groups -OCH3 is 1. The zero-order chi connectivity index (χ0) is 18.9. The van der Waals surface area contributed by atoms with E-state index in [1.54, 1.807) is 48.5 Å². The van der Waals surface area contributed by atoms with Gasteiger partial charge in [-0.2, -0.15) is 0 Å². The fourth-order valence-corrected chi connectivity index (χ4v) is 2.22. The lowest BCUT2D eigenvalue weighted by Crippen LogP contribution is -2.41. The molecule has 6 nitrogen and oxygen atoms in total. The summed E-state index contributed by atoms with van der Waals surface area (Å²) in [5.74, 6) is 0.712. The quantitative estimate of drug-likeness (QED) is 0.747. The van der Waals surface area contributed by atoms with Crippen LogP contribution in [-0.4, -0.2) is 25.5 Å². The molecule has 0 bridgehead atoms.